The van der Waals surface area contributed by atoms with Crippen molar-refractivity contribution in [2.75, 3.05) is 5.32 Å². The first-order chi connectivity index (χ1) is 11.0. The number of benzene rings is 1. The lowest BCUT2D eigenvalue weighted by atomic mass is 10.1. The summed E-state index contributed by atoms with van der Waals surface area (Å²) < 4.78 is 1.46. The number of rotatable bonds is 6. The summed E-state index contributed by atoms with van der Waals surface area (Å²) in [5.74, 6) is -0.219. The van der Waals surface area contributed by atoms with Crippen LogP contribution in [0.5, 0.6) is 0 Å². The van der Waals surface area contributed by atoms with Crippen LogP contribution in [0.1, 0.15) is 31.4 Å². The Hall–Kier alpha value is -2.47. The number of nitrogens with two attached hydrogens (primary N) is 1. The Kier molecular flexibility index (Phi) is 5.65. The van der Waals surface area contributed by atoms with Crippen LogP contribution in [-0.2, 0) is 4.79 Å². The molecule has 1 atom stereocenters. The van der Waals surface area contributed by atoms with Crippen molar-refractivity contribution >= 4 is 28.8 Å². The Balaban J connectivity index is 2.20. The lowest BCUT2D eigenvalue weighted by Crippen LogP contribution is -2.32. The number of thiocarbonyl (C=S) groups is 1. The zero-order valence-corrected chi connectivity index (χ0v) is 13.7. The van der Waals surface area contributed by atoms with E-state index in [9.17, 15) is 9.59 Å². The van der Waals surface area contributed by atoms with Crippen molar-refractivity contribution in [3.63, 3.8) is 0 Å². The Morgan fingerprint density at radius 2 is 1.96 bits per heavy atom. The third kappa shape index (κ3) is 4.26. The summed E-state index contributed by atoms with van der Waals surface area (Å²) in [6.45, 7) is 1.98. The van der Waals surface area contributed by atoms with Crippen molar-refractivity contribution in [1.82, 2.24) is 4.57 Å². The van der Waals surface area contributed by atoms with Crippen molar-refractivity contribution in [2.24, 2.45) is 5.73 Å². The molecule has 0 saturated heterocycles. The second kappa shape index (κ2) is 7.69. The second-order valence-corrected chi connectivity index (χ2v) is 5.62. The van der Waals surface area contributed by atoms with E-state index in [0.717, 1.165) is 12.0 Å². The largest absolute Gasteiger partial charge is 0.389 e. The molecule has 0 saturated carbocycles. The number of hydrogen-bond acceptors (Lipinski definition) is 3. The van der Waals surface area contributed by atoms with Crippen LogP contribution >= 0.6 is 12.2 Å². The number of nitrogens with zero attached hydrogens (tertiary/aromatic N) is 1. The van der Waals surface area contributed by atoms with Crippen molar-refractivity contribution in [1.29, 1.82) is 0 Å². The molecule has 2 aromatic rings. The molecule has 3 N–H and O–H groups in total. The summed E-state index contributed by atoms with van der Waals surface area (Å²) in [5.41, 5.74) is 6.74. The average Bonchev–Trinajstić information content (AvgIpc) is 2.54. The number of pyridine rings is 1. The lowest BCUT2D eigenvalue weighted by molar-refractivity contribution is -0.119. The van der Waals surface area contributed by atoms with E-state index in [4.69, 9.17) is 18.0 Å². The Bertz CT molecular complexity index is 753. The van der Waals surface area contributed by atoms with Gasteiger partial charge in [-0.25, -0.2) is 0 Å². The van der Waals surface area contributed by atoms with Gasteiger partial charge in [0, 0.05) is 23.5 Å². The van der Waals surface area contributed by atoms with E-state index < -0.39 is 6.04 Å². The third-order valence-electron chi connectivity index (χ3n) is 3.49. The third-order valence-corrected chi connectivity index (χ3v) is 3.72. The Morgan fingerprint density at radius 1 is 1.26 bits per heavy atom. The highest BCUT2D eigenvalue weighted by Crippen LogP contribution is 2.16. The molecule has 0 spiro atoms. The van der Waals surface area contributed by atoms with E-state index >= 15 is 0 Å². The van der Waals surface area contributed by atoms with E-state index in [1.165, 1.54) is 10.6 Å². The summed E-state index contributed by atoms with van der Waals surface area (Å²) in [6, 6.07) is 11.3. The quantitative estimate of drug-likeness (QED) is 0.798. The van der Waals surface area contributed by atoms with Gasteiger partial charge in [-0.3, -0.25) is 9.59 Å². The second-order valence-electron chi connectivity index (χ2n) is 5.18. The molecule has 1 aromatic carbocycles. The van der Waals surface area contributed by atoms with Crippen LogP contribution in [-0.4, -0.2) is 15.5 Å². The first-order valence-corrected chi connectivity index (χ1v) is 7.81. The summed E-state index contributed by atoms with van der Waals surface area (Å²) in [4.78, 5) is 24.8. The summed E-state index contributed by atoms with van der Waals surface area (Å²) >= 11 is 4.90. The molecule has 0 bridgehead atoms. The summed E-state index contributed by atoms with van der Waals surface area (Å²) in [6.07, 6.45) is 3.01. The highest BCUT2D eigenvalue weighted by molar-refractivity contribution is 7.80. The number of amides is 1. The fourth-order valence-corrected chi connectivity index (χ4v) is 2.45. The van der Waals surface area contributed by atoms with Crippen LogP contribution in [0, 0.1) is 0 Å². The summed E-state index contributed by atoms with van der Waals surface area (Å²) in [7, 11) is 0. The van der Waals surface area contributed by atoms with Gasteiger partial charge in [-0.1, -0.05) is 31.6 Å². The van der Waals surface area contributed by atoms with E-state index in [1.807, 2.05) is 6.92 Å². The average molecular weight is 329 g/mol. The monoisotopic (exact) mass is 329 g/mol. The molecule has 0 aliphatic heterocycles. The lowest BCUT2D eigenvalue weighted by Gasteiger charge is -2.18. The molecule has 1 unspecified atom stereocenters. The van der Waals surface area contributed by atoms with Gasteiger partial charge in [0.05, 0.1) is 0 Å². The fraction of sp³-hybridized carbons (Fsp3) is 0.235. The first-order valence-electron chi connectivity index (χ1n) is 7.41. The normalized spacial score (nSPS) is 11.7. The minimum atomic E-state index is -0.538. The SMILES string of the molecule is CCCC(C(=O)Nc1ccc(C(N)=S)cc1)n1ccccc1=O. The zero-order valence-electron chi connectivity index (χ0n) is 12.9. The molecule has 2 rings (SSSR count). The number of anilines is 1. The molecule has 0 aliphatic carbocycles. The minimum absolute atomic E-state index is 0.190. The van der Waals surface area contributed by atoms with Crippen LogP contribution in [0.4, 0.5) is 5.69 Å². The number of carbonyl (C=O) groups excluding carboxylic acids is 1. The van der Waals surface area contributed by atoms with Gasteiger partial charge in [0.25, 0.3) is 5.56 Å². The topological polar surface area (TPSA) is 77.1 Å². The predicted octanol–water partition coefficient (Wildman–Crippen LogP) is 2.46. The molecule has 0 aliphatic rings. The van der Waals surface area contributed by atoms with Gasteiger partial charge >= 0.3 is 0 Å². The van der Waals surface area contributed by atoms with Gasteiger partial charge in [0.2, 0.25) is 5.91 Å². The van der Waals surface area contributed by atoms with E-state index in [2.05, 4.69) is 5.32 Å². The van der Waals surface area contributed by atoms with Gasteiger partial charge in [0.15, 0.2) is 0 Å². The van der Waals surface area contributed by atoms with Crippen molar-refractivity contribution in [3.8, 4) is 0 Å². The van der Waals surface area contributed by atoms with E-state index in [-0.39, 0.29) is 11.5 Å². The maximum Gasteiger partial charge on any atom is 0.251 e. The molecular weight excluding hydrogens is 310 g/mol. The molecule has 5 nitrogen and oxygen atoms in total. The molecule has 0 fully saturated rings. The van der Waals surface area contributed by atoms with E-state index in [1.54, 1.807) is 42.6 Å². The summed E-state index contributed by atoms with van der Waals surface area (Å²) in [5, 5.41) is 2.84. The molecular formula is C17H19N3O2S. The number of hydrogen-bond donors (Lipinski definition) is 2. The first kappa shape index (κ1) is 16.9. The fourth-order valence-electron chi connectivity index (χ4n) is 2.31. The smallest absolute Gasteiger partial charge is 0.251 e. The highest BCUT2D eigenvalue weighted by atomic mass is 32.1. The van der Waals surface area contributed by atoms with Gasteiger partial charge < -0.3 is 15.6 Å². The maximum absolute atomic E-state index is 12.6. The maximum atomic E-state index is 12.6. The minimum Gasteiger partial charge on any atom is -0.389 e. The molecule has 120 valence electrons. The zero-order chi connectivity index (χ0) is 16.8. The van der Waals surface area contributed by atoms with Crippen LogP contribution in [0.25, 0.3) is 0 Å². The van der Waals surface area contributed by atoms with Gasteiger partial charge in [0.1, 0.15) is 11.0 Å². The van der Waals surface area contributed by atoms with Crippen LogP contribution < -0.4 is 16.6 Å². The van der Waals surface area contributed by atoms with Gasteiger partial charge in [-0.05, 0) is 36.8 Å². The van der Waals surface area contributed by atoms with E-state index in [0.29, 0.717) is 17.1 Å². The number of nitrogens with one attached hydrogen (secondary N) is 1. The van der Waals surface area contributed by atoms with Crippen molar-refractivity contribution < 1.29 is 4.79 Å². The molecule has 0 radical (unpaired) electrons. The number of aromatic nitrogens is 1. The molecule has 1 amide bonds. The number of carbonyl (C=O) groups is 1. The molecule has 23 heavy (non-hydrogen) atoms. The Labute approximate surface area is 140 Å². The van der Waals surface area contributed by atoms with Crippen LogP contribution in [0.2, 0.25) is 0 Å². The van der Waals surface area contributed by atoms with Crippen molar-refractivity contribution in [3.05, 3.63) is 64.6 Å². The molecule has 1 heterocycles. The standard InChI is InChI=1S/C17H19N3O2S/c1-2-5-14(20-11-4-3-6-15(20)21)17(22)19-13-9-7-12(8-10-13)16(18)23/h3-4,6-11,14H,2,5H2,1H3,(H2,18,23)(H,19,22). The van der Waals surface area contributed by atoms with Crippen LogP contribution in [0.3, 0.4) is 0 Å². The predicted molar refractivity (Wildman–Crippen MR) is 95.6 cm³/mol. The van der Waals surface area contributed by atoms with Crippen molar-refractivity contribution in [2.45, 2.75) is 25.8 Å². The van der Waals surface area contributed by atoms with Gasteiger partial charge in [-0.2, -0.15) is 0 Å². The molecule has 6 heteroatoms. The van der Waals surface area contributed by atoms with Crippen LogP contribution in [0.15, 0.2) is 53.5 Å². The Morgan fingerprint density at radius 3 is 2.52 bits per heavy atom. The van der Waals surface area contributed by atoms with Gasteiger partial charge in [-0.15, -0.1) is 0 Å². The highest BCUT2D eigenvalue weighted by Gasteiger charge is 2.20. The molecule has 1 aromatic heterocycles.